The van der Waals surface area contributed by atoms with Gasteiger partial charge >= 0.3 is 6.09 Å². The Balaban J connectivity index is 0.00000181. The van der Waals surface area contributed by atoms with Gasteiger partial charge in [-0.1, -0.05) is 32.0 Å². The minimum Gasteiger partial charge on any atom is -0.444 e. The van der Waals surface area contributed by atoms with E-state index in [1.165, 1.54) is 16.5 Å². The lowest BCUT2D eigenvalue weighted by atomic mass is 10.1. The summed E-state index contributed by atoms with van der Waals surface area (Å²) < 4.78 is 32.9. The van der Waals surface area contributed by atoms with Gasteiger partial charge in [-0.25, -0.2) is 32.1 Å². The Morgan fingerprint density at radius 3 is 2.52 bits per heavy atom. The summed E-state index contributed by atoms with van der Waals surface area (Å²) in [7, 11) is -3.76. The summed E-state index contributed by atoms with van der Waals surface area (Å²) in [6, 6.07) is 13.7. The summed E-state index contributed by atoms with van der Waals surface area (Å²) in [5, 5.41) is 4.09. The largest absolute Gasteiger partial charge is 0.444 e. The average Bonchev–Trinajstić information content (AvgIpc) is 3.38. The van der Waals surface area contributed by atoms with Gasteiger partial charge in [-0.2, -0.15) is 0 Å². The first kappa shape index (κ1) is 29.0. The number of fused-ring (bicyclic) bond motifs is 1. The molecule has 4 aromatic rings. The number of hydrogen-bond acceptors (Lipinski definition) is 8. The van der Waals surface area contributed by atoms with Crippen molar-refractivity contribution in [3.8, 4) is 11.3 Å². The van der Waals surface area contributed by atoms with Crippen molar-refractivity contribution < 1.29 is 17.9 Å². The molecule has 1 fully saturated rings. The van der Waals surface area contributed by atoms with E-state index in [4.69, 9.17) is 4.74 Å². The van der Waals surface area contributed by atoms with Gasteiger partial charge in [-0.3, -0.25) is 0 Å². The van der Waals surface area contributed by atoms with Crippen LogP contribution in [0.1, 0.15) is 47.5 Å². The monoisotopic (exact) mass is 564 g/mol. The summed E-state index contributed by atoms with van der Waals surface area (Å²) in [5.74, 6) is 0.635. The van der Waals surface area contributed by atoms with Gasteiger partial charge in [0.25, 0.3) is 10.0 Å². The fourth-order valence-corrected chi connectivity index (χ4v) is 5.76. The first-order chi connectivity index (χ1) is 19.1. The molecule has 4 heterocycles. The first-order valence-electron chi connectivity index (χ1n) is 13.4. The zero-order chi connectivity index (χ0) is 28.9. The number of aromatic nitrogens is 4. The Labute approximate surface area is 235 Å². The molecule has 40 heavy (non-hydrogen) atoms. The molecule has 3 aromatic heterocycles. The van der Waals surface area contributed by atoms with Crippen LogP contribution < -0.4 is 5.32 Å². The number of pyridine rings is 1. The summed E-state index contributed by atoms with van der Waals surface area (Å²) in [4.78, 5) is 27.6. The van der Waals surface area contributed by atoms with E-state index in [9.17, 15) is 13.2 Å². The number of piperidine rings is 1. The van der Waals surface area contributed by atoms with Crippen molar-refractivity contribution in [3.63, 3.8) is 0 Å². The average molecular weight is 565 g/mol. The third-order valence-corrected chi connectivity index (χ3v) is 7.86. The molecule has 1 N–H and O–H groups in total. The minimum absolute atomic E-state index is 0.0249. The molecule has 0 aliphatic carbocycles. The topological polar surface area (TPSA) is 119 Å². The van der Waals surface area contributed by atoms with Gasteiger partial charge in [0.2, 0.25) is 0 Å². The molecule has 0 spiro atoms. The second kappa shape index (κ2) is 12.0. The van der Waals surface area contributed by atoms with Gasteiger partial charge in [-0.15, -0.1) is 0 Å². The Morgan fingerprint density at radius 2 is 1.80 bits per heavy atom. The van der Waals surface area contributed by atoms with Crippen molar-refractivity contribution in [1.82, 2.24) is 23.8 Å². The number of amides is 1. The maximum Gasteiger partial charge on any atom is 0.410 e. The lowest BCUT2D eigenvalue weighted by Gasteiger charge is -2.34. The number of rotatable bonds is 5. The van der Waals surface area contributed by atoms with Crippen LogP contribution in [0.25, 0.3) is 22.3 Å². The molecule has 5 rings (SSSR count). The number of hydrogen-bond donors (Lipinski definition) is 1. The van der Waals surface area contributed by atoms with Gasteiger partial charge < -0.3 is 15.0 Å². The molecule has 1 aromatic carbocycles. The number of nitrogens with zero attached hydrogens (tertiary/aromatic N) is 5. The van der Waals surface area contributed by atoms with Crippen molar-refractivity contribution in [2.24, 2.45) is 0 Å². The summed E-state index contributed by atoms with van der Waals surface area (Å²) in [5.41, 5.74) is 1.18. The molecule has 11 heteroatoms. The number of benzene rings is 1. The second-order valence-electron chi connectivity index (χ2n) is 10.3. The van der Waals surface area contributed by atoms with Crippen LogP contribution in [-0.4, -0.2) is 63.1 Å². The smallest absolute Gasteiger partial charge is 0.410 e. The molecule has 1 unspecified atom stereocenters. The third kappa shape index (κ3) is 6.59. The van der Waals surface area contributed by atoms with Crippen molar-refractivity contribution in [2.75, 3.05) is 18.4 Å². The van der Waals surface area contributed by atoms with E-state index in [-0.39, 0.29) is 17.0 Å². The lowest BCUT2D eigenvalue weighted by molar-refractivity contribution is 0.0206. The number of carbonyl (C=O) groups excluding carboxylic acids is 1. The van der Waals surface area contributed by atoms with Crippen molar-refractivity contribution in [2.45, 2.75) is 64.0 Å². The summed E-state index contributed by atoms with van der Waals surface area (Å²) >= 11 is 0. The molecule has 1 amide bonds. The third-order valence-electron chi connectivity index (χ3n) is 6.18. The SMILES string of the molecule is CC.CC(C)(C)OC(=O)N1CCCC(Nc2cc(-c3cnc4c(ccn4S(=O)(=O)c4ccccc4)c3)ncn2)C1. The van der Waals surface area contributed by atoms with Crippen LogP contribution >= 0.6 is 0 Å². The van der Waals surface area contributed by atoms with Gasteiger partial charge in [0.1, 0.15) is 17.7 Å². The fourth-order valence-electron chi connectivity index (χ4n) is 4.43. The molecular weight excluding hydrogens is 528 g/mol. The van der Waals surface area contributed by atoms with E-state index in [1.807, 2.05) is 46.8 Å². The van der Waals surface area contributed by atoms with Crippen molar-refractivity contribution >= 4 is 33.0 Å². The van der Waals surface area contributed by atoms with Crippen molar-refractivity contribution in [3.05, 3.63) is 67.3 Å². The zero-order valence-electron chi connectivity index (χ0n) is 23.5. The standard InChI is InChI=1S/C27H30N6O4S.C2H6/c1-27(2,3)37-26(34)32-12-7-8-21(17-32)31-24-15-23(29-18-30-24)20-14-19-11-13-33(25(19)28-16-20)38(35,36)22-9-5-4-6-10-22;1-2/h4-6,9-11,13-16,18,21H,7-8,12,17H2,1-3H3,(H,29,30,31);1-2H3. The van der Waals surface area contributed by atoms with E-state index in [0.717, 1.165) is 18.4 Å². The molecule has 10 nitrogen and oxygen atoms in total. The Morgan fingerprint density at radius 1 is 1.05 bits per heavy atom. The van der Waals surface area contributed by atoms with Crippen LogP contribution in [0, 0.1) is 0 Å². The van der Waals surface area contributed by atoms with Gasteiger partial charge in [0, 0.05) is 48.5 Å². The number of anilines is 1. The lowest BCUT2D eigenvalue weighted by Crippen LogP contribution is -2.47. The predicted octanol–water partition coefficient (Wildman–Crippen LogP) is 5.57. The van der Waals surface area contributed by atoms with Crippen LogP contribution in [0.4, 0.5) is 10.6 Å². The highest BCUT2D eigenvalue weighted by atomic mass is 32.2. The summed E-state index contributed by atoms with van der Waals surface area (Å²) in [6.07, 6.45) is 6.04. The van der Waals surface area contributed by atoms with E-state index in [2.05, 4.69) is 20.3 Å². The van der Waals surface area contributed by atoms with E-state index in [0.29, 0.717) is 35.6 Å². The number of ether oxygens (including phenoxy) is 1. The quantitative estimate of drug-likeness (QED) is 0.334. The van der Waals surface area contributed by atoms with Gasteiger partial charge in [-0.05, 0) is 57.9 Å². The molecule has 1 saturated heterocycles. The molecule has 212 valence electrons. The molecule has 0 bridgehead atoms. The van der Waals surface area contributed by atoms with Gasteiger partial charge in [0.05, 0.1) is 10.6 Å². The molecule has 1 aliphatic rings. The van der Waals surface area contributed by atoms with E-state index in [1.54, 1.807) is 47.5 Å². The Bertz CT molecular complexity index is 1560. The highest BCUT2D eigenvalue weighted by Crippen LogP contribution is 2.26. The van der Waals surface area contributed by atoms with Crippen LogP contribution in [0.2, 0.25) is 0 Å². The van der Waals surface area contributed by atoms with Crippen LogP contribution in [0.15, 0.2) is 72.1 Å². The minimum atomic E-state index is -3.76. The number of nitrogens with one attached hydrogen (secondary N) is 1. The second-order valence-corrected chi connectivity index (χ2v) is 12.1. The van der Waals surface area contributed by atoms with Crippen LogP contribution in [0.5, 0.6) is 0 Å². The molecule has 1 aliphatic heterocycles. The number of carbonyl (C=O) groups is 1. The van der Waals surface area contributed by atoms with E-state index < -0.39 is 15.6 Å². The number of likely N-dealkylation sites (tertiary alicyclic amines) is 1. The zero-order valence-corrected chi connectivity index (χ0v) is 24.4. The van der Waals surface area contributed by atoms with Gasteiger partial charge in [0.15, 0.2) is 5.65 Å². The summed E-state index contributed by atoms with van der Waals surface area (Å²) in [6.45, 7) is 10.8. The van der Waals surface area contributed by atoms with E-state index >= 15 is 0 Å². The fraction of sp³-hybridized carbons (Fsp3) is 0.379. The van der Waals surface area contributed by atoms with Crippen LogP contribution in [0.3, 0.4) is 0 Å². The maximum absolute atomic E-state index is 13.1. The van der Waals surface area contributed by atoms with Crippen LogP contribution in [-0.2, 0) is 14.8 Å². The molecule has 0 radical (unpaired) electrons. The highest BCUT2D eigenvalue weighted by molar-refractivity contribution is 7.90. The highest BCUT2D eigenvalue weighted by Gasteiger charge is 2.28. The first-order valence-corrected chi connectivity index (χ1v) is 14.9. The molecule has 0 saturated carbocycles. The Hall–Kier alpha value is -3.99. The maximum atomic E-state index is 13.1. The Kier molecular flexibility index (Phi) is 8.73. The molecular formula is C29H36N6O4S. The predicted molar refractivity (Wildman–Crippen MR) is 156 cm³/mol. The van der Waals surface area contributed by atoms with Crippen molar-refractivity contribution in [1.29, 1.82) is 0 Å². The normalized spacial score (nSPS) is 15.7. The molecule has 1 atom stereocenters.